The molecular formula is C19H20BrN3O4S2. The molecule has 0 amide bonds. The molecule has 0 aliphatic carbocycles. The molecule has 0 aliphatic rings. The zero-order valence-electron chi connectivity index (χ0n) is 15.9. The number of rotatable bonds is 9. The van der Waals surface area contributed by atoms with Crippen LogP contribution in [0.2, 0.25) is 0 Å². The molecule has 0 radical (unpaired) electrons. The highest BCUT2D eigenvalue weighted by atomic mass is 79.9. The smallest absolute Gasteiger partial charge is 0.241 e. The van der Waals surface area contributed by atoms with Crippen molar-refractivity contribution in [3.05, 3.63) is 51.5 Å². The molecule has 29 heavy (non-hydrogen) atoms. The summed E-state index contributed by atoms with van der Waals surface area (Å²) in [5, 5.41) is 2.96. The Balaban J connectivity index is 1.60. The van der Waals surface area contributed by atoms with Crippen molar-refractivity contribution in [1.82, 2.24) is 14.7 Å². The van der Waals surface area contributed by atoms with Crippen LogP contribution in [-0.2, 0) is 16.4 Å². The van der Waals surface area contributed by atoms with Crippen molar-refractivity contribution >= 4 is 37.3 Å². The molecule has 1 N–H and O–H groups in total. The maximum Gasteiger partial charge on any atom is 0.241 e. The Kier molecular flexibility index (Phi) is 7.23. The van der Waals surface area contributed by atoms with Gasteiger partial charge < -0.3 is 9.47 Å². The van der Waals surface area contributed by atoms with E-state index in [0.717, 1.165) is 16.3 Å². The average molecular weight is 498 g/mol. The number of hydrogen-bond donors (Lipinski definition) is 1. The van der Waals surface area contributed by atoms with Crippen LogP contribution in [-0.4, -0.2) is 39.2 Å². The van der Waals surface area contributed by atoms with Gasteiger partial charge in [-0.3, -0.25) is 4.98 Å². The average Bonchev–Trinajstić information content (AvgIpc) is 3.20. The third-order valence-electron chi connectivity index (χ3n) is 4.11. The fraction of sp³-hybridized carbons (Fsp3) is 0.263. The van der Waals surface area contributed by atoms with E-state index in [-0.39, 0.29) is 4.90 Å². The first-order chi connectivity index (χ1) is 13.9. The summed E-state index contributed by atoms with van der Waals surface area (Å²) in [7, 11) is -0.740. The first kappa shape index (κ1) is 21.7. The zero-order chi connectivity index (χ0) is 20.9. The highest BCUT2D eigenvalue weighted by Crippen LogP contribution is 2.35. The van der Waals surface area contributed by atoms with E-state index in [0.29, 0.717) is 35.4 Å². The quantitative estimate of drug-likeness (QED) is 0.450. The fourth-order valence-corrected chi connectivity index (χ4v) is 5.60. The van der Waals surface area contributed by atoms with Crippen LogP contribution in [0, 0.1) is 0 Å². The van der Waals surface area contributed by atoms with Gasteiger partial charge >= 0.3 is 0 Å². The van der Waals surface area contributed by atoms with E-state index in [1.165, 1.54) is 20.3 Å². The van der Waals surface area contributed by atoms with Gasteiger partial charge in [-0.2, -0.15) is 0 Å². The summed E-state index contributed by atoms with van der Waals surface area (Å²) in [6, 6.07) is 6.83. The second-order valence-corrected chi connectivity index (χ2v) is 9.53. The van der Waals surface area contributed by atoms with Crippen LogP contribution < -0.4 is 14.2 Å². The number of aryl methyl sites for hydroxylation is 1. The summed E-state index contributed by atoms with van der Waals surface area (Å²) in [5.41, 5.74) is 1.92. The molecule has 3 aromatic rings. The first-order valence-corrected chi connectivity index (χ1v) is 11.9. The number of ether oxygens (including phenoxy) is 2. The van der Waals surface area contributed by atoms with Crippen LogP contribution in [0.1, 0.15) is 11.4 Å². The molecule has 0 saturated carbocycles. The number of pyridine rings is 1. The first-order valence-electron chi connectivity index (χ1n) is 8.70. The molecule has 0 spiro atoms. The molecule has 0 aliphatic heterocycles. The predicted octanol–water partition coefficient (Wildman–Crippen LogP) is 3.90. The van der Waals surface area contributed by atoms with Crippen molar-refractivity contribution < 1.29 is 17.9 Å². The second-order valence-electron chi connectivity index (χ2n) is 6.00. The van der Waals surface area contributed by atoms with Crippen molar-refractivity contribution in [2.24, 2.45) is 0 Å². The minimum Gasteiger partial charge on any atom is -0.493 e. The molecule has 1 aromatic carbocycles. The summed E-state index contributed by atoms with van der Waals surface area (Å²) < 4.78 is 38.8. The van der Waals surface area contributed by atoms with Gasteiger partial charge in [-0.15, -0.1) is 11.3 Å². The lowest BCUT2D eigenvalue weighted by Gasteiger charge is -2.13. The normalized spacial score (nSPS) is 11.4. The molecular weight excluding hydrogens is 478 g/mol. The number of nitrogens with one attached hydrogen (secondary N) is 1. The molecule has 2 heterocycles. The number of nitrogens with zero attached hydrogens (tertiary/aromatic N) is 2. The molecule has 154 valence electrons. The van der Waals surface area contributed by atoms with Crippen molar-refractivity contribution in [3.63, 3.8) is 0 Å². The maximum atomic E-state index is 12.7. The minimum atomic E-state index is -3.70. The summed E-state index contributed by atoms with van der Waals surface area (Å²) in [5.74, 6) is 0.801. The van der Waals surface area contributed by atoms with Crippen molar-refractivity contribution in [2.75, 3.05) is 20.8 Å². The molecule has 7 nitrogen and oxygen atoms in total. The van der Waals surface area contributed by atoms with Crippen LogP contribution in [0.25, 0.3) is 11.3 Å². The number of sulfonamides is 1. The van der Waals surface area contributed by atoms with Crippen molar-refractivity contribution in [1.29, 1.82) is 0 Å². The largest absolute Gasteiger partial charge is 0.493 e. The second kappa shape index (κ2) is 9.66. The van der Waals surface area contributed by atoms with E-state index >= 15 is 0 Å². The van der Waals surface area contributed by atoms with Gasteiger partial charge in [-0.25, -0.2) is 18.1 Å². The van der Waals surface area contributed by atoms with Crippen LogP contribution in [0.5, 0.6) is 11.5 Å². The van der Waals surface area contributed by atoms with Gasteiger partial charge in [0.05, 0.1) is 24.9 Å². The molecule has 2 aromatic heterocycles. The summed E-state index contributed by atoms with van der Waals surface area (Å²) >= 11 is 4.85. The zero-order valence-corrected chi connectivity index (χ0v) is 19.1. The van der Waals surface area contributed by atoms with Crippen LogP contribution in [0.3, 0.4) is 0 Å². The number of aromatic nitrogens is 2. The molecule has 0 atom stereocenters. The monoisotopic (exact) mass is 497 g/mol. The molecule has 0 unspecified atom stereocenters. The standard InChI is InChI=1S/C19H20BrN3O4S2/c1-26-16-10-14(20)18(11-17(16)27-2)29(24,25)22-7-3-4-19-23-15(12-28-19)13-5-8-21-9-6-13/h5-6,8-12,22H,3-4,7H2,1-2H3. The maximum absolute atomic E-state index is 12.7. The van der Waals surface area contributed by atoms with Crippen molar-refractivity contribution in [3.8, 4) is 22.8 Å². The highest BCUT2D eigenvalue weighted by molar-refractivity contribution is 9.10. The van der Waals surface area contributed by atoms with Gasteiger partial charge in [0, 0.05) is 46.8 Å². The van der Waals surface area contributed by atoms with E-state index in [2.05, 4.69) is 30.6 Å². The predicted molar refractivity (Wildman–Crippen MR) is 116 cm³/mol. The fourth-order valence-electron chi connectivity index (χ4n) is 2.65. The minimum absolute atomic E-state index is 0.101. The Morgan fingerprint density at radius 3 is 2.52 bits per heavy atom. The Labute approximate surface area is 182 Å². The third-order valence-corrected chi connectivity index (χ3v) is 7.44. The van der Waals surface area contributed by atoms with E-state index in [9.17, 15) is 8.42 Å². The lowest BCUT2D eigenvalue weighted by atomic mass is 10.2. The van der Waals surface area contributed by atoms with Gasteiger partial charge in [-0.1, -0.05) is 0 Å². The number of methoxy groups -OCH3 is 2. The number of hydrogen-bond acceptors (Lipinski definition) is 7. The molecule has 3 rings (SSSR count). The van der Waals surface area contributed by atoms with Crippen LogP contribution in [0.4, 0.5) is 0 Å². The molecule has 0 fully saturated rings. The Hall–Kier alpha value is -2.01. The third kappa shape index (κ3) is 5.33. The number of thiazole rings is 1. The van der Waals surface area contributed by atoms with Gasteiger partial charge in [0.15, 0.2) is 11.5 Å². The lowest BCUT2D eigenvalue weighted by Crippen LogP contribution is -2.25. The van der Waals surface area contributed by atoms with Crippen LogP contribution in [0.15, 0.2) is 51.4 Å². The Morgan fingerprint density at radius 1 is 1.14 bits per heavy atom. The lowest BCUT2D eigenvalue weighted by molar-refractivity contribution is 0.353. The van der Waals surface area contributed by atoms with E-state index in [4.69, 9.17) is 9.47 Å². The number of benzene rings is 1. The number of halogens is 1. The van der Waals surface area contributed by atoms with Crippen molar-refractivity contribution in [2.45, 2.75) is 17.7 Å². The highest BCUT2D eigenvalue weighted by Gasteiger charge is 2.21. The SMILES string of the molecule is COc1cc(Br)c(S(=O)(=O)NCCCc2nc(-c3ccncc3)cs2)cc1OC. The van der Waals surface area contributed by atoms with Gasteiger partial charge in [0.2, 0.25) is 10.0 Å². The summed E-state index contributed by atoms with van der Waals surface area (Å²) in [6.07, 6.45) is 4.78. The van der Waals surface area contributed by atoms with Crippen LogP contribution >= 0.6 is 27.3 Å². The molecule has 0 saturated heterocycles. The van der Waals surface area contributed by atoms with E-state index in [1.54, 1.807) is 29.8 Å². The molecule has 0 bridgehead atoms. The topological polar surface area (TPSA) is 90.4 Å². The van der Waals surface area contributed by atoms with E-state index < -0.39 is 10.0 Å². The van der Waals surface area contributed by atoms with Gasteiger partial charge in [0.1, 0.15) is 4.90 Å². The van der Waals surface area contributed by atoms with E-state index in [1.807, 2.05) is 17.5 Å². The Morgan fingerprint density at radius 2 is 1.83 bits per heavy atom. The summed E-state index contributed by atoms with van der Waals surface area (Å²) in [4.78, 5) is 8.71. The van der Waals surface area contributed by atoms with Gasteiger partial charge in [0.25, 0.3) is 0 Å². The Bertz CT molecular complexity index is 1070. The van der Waals surface area contributed by atoms with Gasteiger partial charge in [-0.05, 0) is 40.5 Å². The molecule has 10 heteroatoms. The summed E-state index contributed by atoms with van der Waals surface area (Å²) in [6.45, 7) is 0.299.